The summed E-state index contributed by atoms with van der Waals surface area (Å²) in [5, 5.41) is 8.39. The van der Waals surface area contributed by atoms with Crippen LogP contribution in [0, 0.1) is 0 Å². The Bertz CT molecular complexity index is 341. The largest absolute Gasteiger partial charge is 0.478 e. The summed E-state index contributed by atoms with van der Waals surface area (Å²) < 4.78 is 0. The standard InChI is InChI=1S/C12H14O2S/c1-15-11-8-6-10(7-9-11)4-2-3-5-12(13)14/h3,5-9H,2,4H2,1H3,(H,13,14)/b5-3+. The van der Waals surface area contributed by atoms with Crippen molar-refractivity contribution in [3.63, 3.8) is 0 Å². The van der Waals surface area contributed by atoms with E-state index in [4.69, 9.17) is 5.11 Å². The van der Waals surface area contributed by atoms with Gasteiger partial charge in [0.15, 0.2) is 0 Å². The minimum Gasteiger partial charge on any atom is -0.478 e. The van der Waals surface area contributed by atoms with E-state index in [9.17, 15) is 4.79 Å². The fraction of sp³-hybridized carbons (Fsp3) is 0.250. The second-order valence-corrected chi connectivity index (χ2v) is 4.01. The van der Waals surface area contributed by atoms with Crippen molar-refractivity contribution in [3.8, 4) is 0 Å². The number of hydrogen-bond donors (Lipinski definition) is 1. The minimum absolute atomic E-state index is 0.769. The molecule has 1 N–H and O–H groups in total. The number of hydrogen-bond acceptors (Lipinski definition) is 2. The smallest absolute Gasteiger partial charge is 0.327 e. The van der Waals surface area contributed by atoms with Crippen molar-refractivity contribution < 1.29 is 9.90 Å². The first-order chi connectivity index (χ1) is 7.22. The lowest BCUT2D eigenvalue weighted by Gasteiger charge is -1.99. The highest BCUT2D eigenvalue weighted by Gasteiger charge is 1.93. The Labute approximate surface area is 94.0 Å². The molecule has 0 aliphatic rings. The van der Waals surface area contributed by atoms with E-state index < -0.39 is 5.97 Å². The summed E-state index contributed by atoms with van der Waals surface area (Å²) in [5.41, 5.74) is 1.24. The molecule has 15 heavy (non-hydrogen) atoms. The van der Waals surface area contributed by atoms with E-state index in [-0.39, 0.29) is 0 Å². The van der Waals surface area contributed by atoms with E-state index in [1.165, 1.54) is 16.5 Å². The average Bonchev–Trinajstić information content (AvgIpc) is 2.25. The molecule has 0 amide bonds. The number of carboxylic acid groups (broad SMARTS) is 1. The molecule has 0 unspecified atom stereocenters. The first-order valence-corrected chi connectivity index (χ1v) is 5.97. The molecule has 0 aliphatic carbocycles. The molecule has 0 spiro atoms. The molecule has 0 saturated carbocycles. The molecule has 0 fully saturated rings. The molecule has 0 radical (unpaired) electrons. The van der Waals surface area contributed by atoms with Gasteiger partial charge in [-0.1, -0.05) is 18.2 Å². The zero-order valence-corrected chi connectivity index (χ0v) is 9.46. The summed E-state index contributed by atoms with van der Waals surface area (Å²) in [6.07, 6.45) is 6.58. The second kappa shape index (κ2) is 6.30. The number of aryl methyl sites for hydroxylation is 1. The topological polar surface area (TPSA) is 37.3 Å². The summed E-state index contributed by atoms with van der Waals surface area (Å²) in [6, 6.07) is 8.34. The van der Waals surface area contributed by atoms with Crippen LogP contribution >= 0.6 is 11.8 Å². The van der Waals surface area contributed by atoms with Crippen molar-refractivity contribution in [2.75, 3.05) is 6.26 Å². The summed E-state index contributed by atoms with van der Waals surface area (Å²) in [6.45, 7) is 0. The number of thioether (sulfide) groups is 1. The molecule has 80 valence electrons. The fourth-order valence-electron chi connectivity index (χ4n) is 1.23. The van der Waals surface area contributed by atoms with Gasteiger partial charge in [-0.2, -0.15) is 0 Å². The predicted molar refractivity (Wildman–Crippen MR) is 63.3 cm³/mol. The lowest BCUT2D eigenvalue weighted by Crippen LogP contribution is -1.87. The zero-order chi connectivity index (χ0) is 11.1. The monoisotopic (exact) mass is 222 g/mol. The highest BCUT2D eigenvalue weighted by Crippen LogP contribution is 2.15. The van der Waals surface area contributed by atoms with Crippen molar-refractivity contribution in [2.45, 2.75) is 17.7 Å². The van der Waals surface area contributed by atoms with E-state index in [0.717, 1.165) is 12.8 Å². The van der Waals surface area contributed by atoms with Crippen LogP contribution in [0.2, 0.25) is 0 Å². The summed E-state index contributed by atoms with van der Waals surface area (Å²) in [5.74, 6) is -0.882. The van der Waals surface area contributed by atoms with Crippen LogP contribution in [0.15, 0.2) is 41.3 Å². The molecule has 1 rings (SSSR count). The van der Waals surface area contributed by atoms with Crippen LogP contribution < -0.4 is 0 Å². The van der Waals surface area contributed by atoms with Gasteiger partial charge in [0.05, 0.1) is 0 Å². The highest BCUT2D eigenvalue weighted by atomic mass is 32.2. The van der Waals surface area contributed by atoms with Crippen LogP contribution in [0.1, 0.15) is 12.0 Å². The number of rotatable bonds is 5. The third kappa shape index (κ3) is 4.70. The van der Waals surface area contributed by atoms with Gasteiger partial charge in [-0.3, -0.25) is 0 Å². The number of aliphatic carboxylic acids is 1. The van der Waals surface area contributed by atoms with Gasteiger partial charge in [0.25, 0.3) is 0 Å². The Morgan fingerprint density at radius 2 is 2.07 bits per heavy atom. The Balaban J connectivity index is 2.41. The maximum atomic E-state index is 10.2. The third-order valence-electron chi connectivity index (χ3n) is 2.02. The van der Waals surface area contributed by atoms with Crippen molar-refractivity contribution >= 4 is 17.7 Å². The van der Waals surface area contributed by atoms with Gasteiger partial charge in [0, 0.05) is 11.0 Å². The minimum atomic E-state index is -0.882. The average molecular weight is 222 g/mol. The lowest BCUT2D eigenvalue weighted by atomic mass is 10.1. The summed E-state index contributed by atoms with van der Waals surface area (Å²) in [4.78, 5) is 11.5. The lowest BCUT2D eigenvalue weighted by molar-refractivity contribution is -0.131. The summed E-state index contributed by atoms with van der Waals surface area (Å²) >= 11 is 1.72. The van der Waals surface area contributed by atoms with Crippen molar-refractivity contribution in [1.29, 1.82) is 0 Å². The SMILES string of the molecule is CSc1ccc(CC/C=C/C(=O)O)cc1. The zero-order valence-electron chi connectivity index (χ0n) is 8.64. The van der Waals surface area contributed by atoms with E-state index in [0.29, 0.717) is 0 Å². The number of carboxylic acids is 1. The van der Waals surface area contributed by atoms with Gasteiger partial charge in [-0.25, -0.2) is 4.79 Å². The predicted octanol–water partition coefficient (Wildman–Crippen LogP) is 2.98. The fourth-order valence-corrected chi connectivity index (χ4v) is 1.63. The maximum Gasteiger partial charge on any atom is 0.327 e. The van der Waals surface area contributed by atoms with Gasteiger partial charge in [0.2, 0.25) is 0 Å². The normalized spacial score (nSPS) is 10.7. The third-order valence-corrected chi connectivity index (χ3v) is 2.76. The number of carbonyl (C=O) groups is 1. The van der Waals surface area contributed by atoms with E-state index >= 15 is 0 Å². The molecule has 2 nitrogen and oxygen atoms in total. The van der Waals surface area contributed by atoms with Crippen LogP contribution in [0.4, 0.5) is 0 Å². The molecule has 0 heterocycles. The summed E-state index contributed by atoms with van der Waals surface area (Å²) in [7, 11) is 0. The second-order valence-electron chi connectivity index (χ2n) is 3.13. The van der Waals surface area contributed by atoms with Crippen LogP contribution in [-0.4, -0.2) is 17.3 Å². The Kier molecular flexibility index (Phi) is 4.98. The van der Waals surface area contributed by atoms with Crippen molar-refractivity contribution in [1.82, 2.24) is 0 Å². The molecule has 1 aromatic carbocycles. The molecule has 0 aromatic heterocycles. The van der Waals surface area contributed by atoms with Gasteiger partial charge in [-0.05, 0) is 36.8 Å². The Hall–Kier alpha value is -1.22. The molecule has 0 aliphatic heterocycles. The molecule has 0 saturated heterocycles. The molecular weight excluding hydrogens is 208 g/mol. The number of benzene rings is 1. The highest BCUT2D eigenvalue weighted by molar-refractivity contribution is 7.98. The van der Waals surface area contributed by atoms with Crippen LogP contribution in [0.5, 0.6) is 0 Å². The Morgan fingerprint density at radius 1 is 1.40 bits per heavy atom. The molecular formula is C12H14O2S. The molecule has 1 aromatic rings. The van der Waals surface area contributed by atoms with Crippen LogP contribution in [-0.2, 0) is 11.2 Å². The quantitative estimate of drug-likeness (QED) is 0.614. The van der Waals surface area contributed by atoms with Crippen molar-refractivity contribution in [3.05, 3.63) is 42.0 Å². The first kappa shape index (κ1) is 11.9. The molecule has 3 heteroatoms. The van der Waals surface area contributed by atoms with Crippen LogP contribution in [0.3, 0.4) is 0 Å². The molecule has 0 atom stereocenters. The Morgan fingerprint density at radius 3 is 2.60 bits per heavy atom. The van der Waals surface area contributed by atoms with Crippen molar-refractivity contribution in [2.24, 2.45) is 0 Å². The maximum absolute atomic E-state index is 10.2. The van der Waals surface area contributed by atoms with Gasteiger partial charge in [-0.15, -0.1) is 11.8 Å². The van der Waals surface area contributed by atoms with Gasteiger partial charge < -0.3 is 5.11 Å². The number of allylic oxidation sites excluding steroid dienone is 1. The van der Waals surface area contributed by atoms with Gasteiger partial charge in [0.1, 0.15) is 0 Å². The first-order valence-electron chi connectivity index (χ1n) is 4.75. The molecule has 0 bridgehead atoms. The van der Waals surface area contributed by atoms with Gasteiger partial charge >= 0.3 is 5.97 Å². The van der Waals surface area contributed by atoms with Crippen LogP contribution in [0.25, 0.3) is 0 Å². The van der Waals surface area contributed by atoms with E-state index in [1.807, 2.05) is 6.26 Å². The van der Waals surface area contributed by atoms with E-state index in [1.54, 1.807) is 17.8 Å². The van der Waals surface area contributed by atoms with E-state index in [2.05, 4.69) is 24.3 Å².